The van der Waals surface area contributed by atoms with Gasteiger partial charge in [0.2, 0.25) is 9.04 Å². The van der Waals surface area contributed by atoms with Gasteiger partial charge in [0.1, 0.15) is 0 Å². The van der Waals surface area contributed by atoms with Gasteiger partial charge in [-0.3, -0.25) is 0 Å². The molecule has 2 fully saturated rings. The Bertz CT molecular complexity index is 228. The molecule has 1 unspecified atom stereocenters. The highest BCUT2D eigenvalue weighted by atomic mass is 28.4. The molecule has 0 aliphatic carbocycles. The first kappa shape index (κ1) is 15.2. The Hall–Kier alpha value is 0.0938. The van der Waals surface area contributed by atoms with Crippen molar-refractivity contribution in [2.45, 2.75) is 57.8 Å². The topological polar surface area (TPSA) is 18.5 Å². The maximum absolute atomic E-state index is 5.60. The van der Waals surface area contributed by atoms with E-state index in [1.165, 1.54) is 43.0 Å². The zero-order chi connectivity index (χ0) is 12.7. The third-order valence-electron chi connectivity index (χ3n) is 3.40. The monoisotopic (exact) mass is 272 g/mol. The van der Waals surface area contributed by atoms with Gasteiger partial charge in [-0.1, -0.05) is 18.0 Å². The Balaban J connectivity index is 0.000000171. The first-order chi connectivity index (χ1) is 8.01. The van der Waals surface area contributed by atoms with E-state index in [1.807, 2.05) is 0 Å². The zero-order valence-corrected chi connectivity index (χ0v) is 13.9. The van der Waals surface area contributed by atoms with Gasteiger partial charge < -0.3 is 8.85 Å². The highest BCUT2D eigenvalue weighted by Gasteiger charge is 2.24. The molecule has 0 aromatic carbocycles. The minimum Gasteiger partial charge on any atom is -0.417 e. The highest BCUT2D eigenvalue weighted by Crippen LogP contribution is 2.20. The van der Waals surface area contributed by atoms with Crippen molar-refractivity contribution in [2.24, 2.45) is 0 Å². The van der Waals surface area contributed by atoms with Gasteiger partial charge in [0.25, 0.3) is 0 Å². The molecular formula is C13H28O2Si2. The van der Waals surface area contributed by atoms with E-state index in [0.29, 0.717) is 0 Å². The standard InChI is InChI=1S/C7H14OSi.C6H14OSi/c1-7(2)9-6-4-3-5-8-9;1-8(2)6-4-3-5-7-8/h9H,1,3-6H2,2H3;3-6H2,1-2H3. The van der Waals surface area contributed by atoms with Crippen LogP contribution in [-0.4, -0.2) is 30.6 Å². The van der Waals surface area contributed by atoms with Gasteiger partial charge in [0, 0.05) is 13.2 Å². The van der Waals surface area contributed by atoms with Gasteiger partial charge >= 0.3 is 0 Å². The number of allylic oxidation sites excluding steroid dienone is 1. The fourth-order valence-corrected chi connectivity index (χ4v) is 6.20. The molecular weight excluding hydrogens is 244 g/mol. The van der Waals surface area contributed by atoms with E-state index in [0.717, 1.165) is 13.2 Å². The van der Waals surface area contributed by atoms with Gasteiger partial charge in [0.05, 0.1) is 0 Å². The summed E-state index contributed by atoms with van der Waals surface area (Å²) in [6.45, 7) is 12.6. The first-order valence-corrected chi connectivity index (χ1v) is 11.9. The van der Waals surface area contributed by atoms with Crippen LogP contribution in [0.4, 0.5) is 0 Å². The lowest BCUT2D eigenvalue weighted by Gasteiger charge is -2.27. The van der Waals surface area contributed by atoms with Crippen LogP contribution in [0.2, 0.25) is 25.2 Å². The predicted octanol–water partition coefficient (Wildman–Crippen LogP) is 3.64. The summed E-state index contributed by atoms with van der Waals surface area (Å²) >= 11 is 0. The second-order valence-electron chi connectivity index (χ2n) is 5.77. The Morgan fingerprint density at radius 1 is 1.12 bits per heavy atom. The molecule has 2 aliphatic heterocycles. The lowest BCUT2D eigenvalue weighted by atomic mass is 10.4. The van der Waals surface area contributed by atoms with Crippen molar-refractivity contribution in [1.82, 2.24) is 0 Å². The summed E-state index contributed by atoms with van der Waals surface area (Å²) in [7, 11) is -1.98. The van der Waals surface area contributed by atoms with Crippen molar-refractivity contribution in [2.75, 3.05) is 13.2 Å². The molecule has 2 rings (SSSR count). The number of rotatable bonds is 1. The molecule has 2 aliphatic rings. The molecule has 1 atom stereocenters. The van der Waals surface area contributed by atoms with Crippen molar-refractivity contribution >= 4 is 17.4 Å². The van der Waals surface area contributed by atoms with E-state index >= 15 is 0 Å². The molecule has 0 saturated carbocycles. The zero-order valence-electron chi connectivity index (χ0n) is 11.8. The quantitative estimate of drug-likeness (QED) is 0.679. The predicted molar refractivity (Wildman–Crippen MR) is 79.4 cm³/mol. The van der Waals surface area contributed by atoms with Crippen LogP contribution in [0.1, 0.15) is 32.6 Å². The molecule has 0 bridgehead atoms. The van der Waals surface area contributed by atoms with Gasteiger partial charge in [0.15, 0.2) is 8.32 Å². The Morgan fingerprint density at radius 3 is 2.12 bits per heavy atom. The van der Waals surface area contributed by atoms with E-state index < -0.39 is 17.4 Å². The van der Waals surface area contributed by atoms with E-state index in [2.05, 4.69) is 26.6 Å². The molecule has 0 aromatic rings. The molecule has 100 valence electrons. The summed E-state index contributed by atoms with van der Waals surface area (Å²) in [5, 5.41) is 1.31. The van der Waals surface area contributed by atoms with Crippen LogP contribution in [0.25, 0.3) is 0 Å². The fraction of sp³-hybridized carbons (Fsp3) is 0.846. The molecule has 0 aromatic heterocycles. The molecule has 2 heterocycles. The smallest absolute Gasteiger partial charge is 0.203 e. The van der Waals surface area contributed by atoms with Gasteiger partial charge in [-0.2, -0.15) is 0 Å². The summed E-state index contributed by atoms with van der Waals surface area (Å²) in [4.78, 5) is 0. The second-order valence-corrected chi connectivity index (χ2v) is 12.9. The Kier molecular flexibility index (Phi) is 6.69. The molecule has 2 nitrogen and oxygen atoms in total. The minimum atomic E-state index is -1.09. The largest absolute Gasteiger partial charge is 0.417 e. The molecule has 2 saturated heterocycles. The maximum atomic E-state index is 5.60. The molecule has 17 heavy (non-hydrogen) atoms. The molecule has 0 N–H and O–H groups in total. The van der Waals surface area contributed by atoms with E-state index in [-0.39, 0.29) is 0 Å². The van der Waals surface area contributed by atoms with Crippen LogP contribution in [-0.2, 0) is 8.85 Å². The minimum absolute atomic E-state index is 0.894. The van der Waals surface area contributed by atoms with E-state index in [9.17, 15) is 0 Å². The lowest BCUT2D eigenvalue weighted by molar-refractivity contribution is 0.275. The SMILES string of the molecule is C=C(C)[SiH]1CCCCO1.C[Si]1(C)CCCCO1. The van der Waals surface area contributed by atoms with Crippen molar-refractivity contribution in [3.8, 4) is 0 Å². The average Bonchev–Trinajstić information content (AvgIpc) is 2.30. The Labute approximate surface area is 109 Å². The van der Waals surface area contributed by atoms with Crippen molar-refractivity contribution in [3.05, 3.63) is 11.8 Å². The van der Waals surface area contributed by atoms with E-state index in [1.54, 1.807) is 0 Å². The van der Waals surface area contributed by atoms with Crippen LogP contribution >= 0.6 is 0 Å². The van der Waals surface area contributed by atoms with Gasteiger partial charge in [-0.05, 0) is 44.9 Å². The molecule has 4 heteroatoms. The molecule has 0 radical (unpaired) electrons. The Morgan fingerprint density at radius 2 is 1.82 bits per heavy atom. The maximum Gasteiger partial charge on any atom is 0.203 e. The van der Waals surface area contributed by atoms with Gasteiger partial charge in [-0.15, -0.1) is 6.58 Å². The lowest BCUT2D eigenvalue weighted by Crippen LogP contribution is -2.33. The van der Waals surface area contributed by atoms with E-state index in [4.69, 9.17) is 8.85 Å². The number of hydrogen-bond acceptors (Lipinski definition) is 2. The van der Waals surface area contributed by atoms with Gasteiger partial charge in [-0.25, -0.2) is 0 Å². The summed E-state index contributed by atoms with van der Waals surface area (Å²) in [5.74, 6) is 0. The van der Waals surface area contributed by atoms with Crippen LogP contribution in [0.3, 0.4) is 0 Å². The first-order valence-electron chi connectivity index (χ1n) is 6.92. The fourth-order valence-electron chi connectivity index (χ4n) is 2.20. The summed E-state index contributed by atoms with van der Waals surface area (Å²) in [6.07, 6.45) is 5.32. The van der Waals surface area contributed by atoms with Crippen LogP contribution in [0.15, 0.2) is 11.8 Å². The summed E-state index contributed by atoms with van der Waals surface area (Å²) in [6, 6.07) is 2.68. The van der Waals surface area contributed by atoms with Crippen molar-refractivity contribution < 1.29 is 8.85 Å². The van der Waals surface area contributed by atoms with Crippen molar-refractivity contribution in [3.63, 3.8) is 0 Å². The van der Waals surface area contributed by atoms with Crippen molar-refractivity contribution in [1.29, 1.82) is 0 Å². The molecule has 0 spiro atoms. The second kappa shape index (κ2) is 7.51. The summed E-state index contributed by atoms with van der Waals surface area (Å²) < 4.78 is 11.2. The third kappa shape index (κ3) is 6.55. The third-order valence-corrected chi connectivity index (χ3v) is 8.61. The summed E-state index contributed by atoms with van der Waals surface area (Å²) in [5.41, 5.74) is 0. The average molecular weight is 273 g/mol. The normalized spacial score (nSPS) is 27.8. The van der Waals surface area contributed by atoms with Crippen LogP contribution in [0, 0.1) is 0 Å². The number of hydrogen-bond donors (Lipinski definition) is 0. The highest BCUT2D eigenvalue weighted by molar-refractivity contribution is 6.71. The van der Waals surface area contributed by atoms with Crippen LogP contribution in [0.5, 0.6) is 0 Å². The van der Waals surface area contributed by atoms with Crippen LogP contribution < -0.4 is 0 Å². The molecule has 0 amide bonds.